The monoisotopic (exact) mass is 244 g/mol. The van der Waals surface area contributed by atoms with E-state index in [0.717, 1.165) is 37.5 Å². The molecular formula is C14H20N4. The summed E-state index contributed by atoms with van der Waals surface area (Å²) in [5.74, 6) is 1.92. The van der Waals surface area contributed by atoms with E-state index in [0.29, 0.717) is 6.54 Å². The van der Waals surface area contributed by atoms with E-state index in [1.165, 1.54) is 5.56 Å². The van der Waals surface area contributed by atoms with Crippen LogP contribution in [-0.4, -0.2) is 14.8 Å². The van der Waals surface area contributed by atoms with E-state index < -0.39 is 0 Å². The van der Waals surface area contributed by atoms with Crippen molar-refractivity contribution < 1.29 is 0 Å². The molecule has 4 nitrogen and oxygen atoms in total. The molecule has 2 rings (SSSR count). The molecule has 0 aliphatic heterocycles. The summed E-state index contributed by atoms with van der Waals surface area (Å²) in [5.41, 5.74) is 7.05. The normalized spacial score (nSPS) is 10.8. The van der Waals surface area contributed by atoms with Gasteiger partial charge in [-0.2, -0.15) is 0 Å². The zero-order valence-electron chi connectivity index (χ0n) is 10.8. The van der Waals surface area contributed by atoms with Gasteiger partial charge in [0.2, 0.25) is 0 Å². The first-order chi connectivity index (χ1) is 8.85. The molecule has 4 heteroatoms. The van der Waals surface area contributed by atoms with Crippen LogP contribution in [0.4, 0.5) is 0 Å². The molecule has 1 aromatic heterocycles. The lowest BCUT2D eigenvalue weighted by Gasteiger charge is -2.08. The Morgan fingerprint density at radius 2 is 1.83 bits per heavy atom. The van der Waals surface area contributed by atoms with Crippen LogP contribution in [-0.2, 0) is 25.9 Å². The standard InChI is InChI=1S/C14H20N4/c1-2-13-16-17-14(11-15)18(13)10-6-9-12-7-4-3-5-8-12/h3-5,7-8H,2,6,9-11,15H2,1H3. The molecule has 0 bridgehead atoms. The largest absolute Gasteiger partial charge is 0.324 e. The van der Waals surface area contributed by atoms with E-state index in [4.69, 9.17) is 5.73 Å². The smallest absolute Gasteiger partial charge is 0.146 e. The Bertz CT molecular complexity index is 454. The lowest BCUT2D eigenvalue weighted by Crippen LogP contribution is -2.11. The minimum absolute atomic E-state index is 0.457. The SMILES string of the molecule is CCc1nnc(CN)n1CCCc1ccccc1. The lowest BCUT2D eigenvalue weighted by atomic mass is 10.1. The molecule has 0 unspecified atom stereocenters. The van der Waals surface area contributed by atoms with E-state index >= 15 is 0 Å². The van der Waals surface area contributed by atoms with Gasteiger partial charge in [0, 0.05) is 13.0 Å². The molecule has 0 aliphatic rings. The summed E-state index contributed by atoms with van der Waals surface area (Å²) in [6.45, 7) is 3.49. The summed E-state index contributed by atoms with van der Waals surface area (Å²) in [5, 5.41) is 8.28. The van der Waals surface area contributed by atoms with Crippen LogP contribution in [0.3, 0.4) is 0 Å². The summed E-state index contributed by atoms with van der Waals surface area (Å²) in [4.78, 5) is 0. The number of aryl methyl sites for hydroxylation is 2. The third-order valence-corrected chi connectivity index (χ3v) is 3.09. The summed E-state index contributed by atoms with van der Waals surface area (Å²) in [6.07, 6.45) is 3.06. The number of nitrogens with zero attached hydrogens (tertiary/aromatic N) is 3. The second-order valence-electron chi connectivity index (χ2n) is 4.33. The van der Waals surface area contributed by atoms with E-state index in [1.54, 1.807) is 0 Å². The summed E-state index contributed by atoms with van der Waals surface area (Å²) in [6, 6.07) is 10.5. The number of hydrogen-bond donors (Lipinski definition) is 1. The number of rotatable bonds is 6. The fourth-order valence-electron chi connectivity index (χ4n) is 2.13. The fraction of sp³-hybridized carbons (Fsp3) is 0.429. The molecule has 2 N–H and O–H groups in total. The fourth-order valence-corrected chi connectivity index (χ4v) is 2.13. The van der Waals surface area contributed by atoms with E-state index in [1.807, 2.05) is 6.07 Å². The first-order valence-corrected chi connectivity index (χ1v) is 6.50. The average Bonchev–Trinajstić information content (AvgIpc) is 2.82. The predicted molar refractivity (Wildman–Crippen MR) is 72.1 cm³/mol. The van der Waals surface area contributed by atoms with Gasteiger partial charge in [0.1, 0.15) is 11.6 Å². The van der Waals surface area contributed by atoms with E-state index in [2.05, 4.69) is 46.0 Å². The van der Waals surface area contributed by atoms with Gasteiger partial charge in [-0.1, -0.05) is 37.3 Å². The zero-order chi connectivity index (χ0) is 12.8. The Morgan fingerprint density at radius 3 is 2.50 bits per heavy atom. The van der Waals surface area contributed by atoms with Crippen LogP contribution in [0.2, 0.25) is 0 Å². The molecule has 2 aromatic rings. The van der Waals surface area contributed by atoms with Gasteiger partial charge >= 0.3 is 0 Å². The average molecular weight is 244 g/mol. The van der Waals surface area contributed by atoms with Crippen LogP contribution in [0.25, 0.3) is 0 Å². The number of nitrogens with two attached hydrogens (primary N) is 1. The molecule has 96 valence electrons. The van der Waals surface area contributed by atoms with Crippen LogP contribution in [0.5, 0.6) is 0 Å². The van der Waals surface area contributed by atoms with Gasteiger partial charge in [-0.05, 0) is 18.4 Å². The highest BCUT2D eigenvalue weighted by Gasteiger charge is 2.08. The van der Waals surface area contributed by atoms with Gasteiger partial charge in [0.05, 0.1) is 6.54 Å². The van der Waals surface area contributed by atoms with Gasteiger partial charge in [-0.15, -0.1) is 10.2 Å². The molecular weight excluding hydrogens is 224 g/mol. The van der Waals surface area contributed by atoms with Crippen molar-refractivity contribution in [2.75, 3.05) is 0 Å². The van der Waals surface area contributed by atoms with Gasteiger partial charge in [-0.3, -0.25) is 0 Å². The second-order valence-corrected chi connectivity index (χ2v) is 4.33. The van der Waals surface area contributed by atoms with Crippen molar-refractivity contribution in [3.63, 3.8) is 0 Å². The van der Waals surface area contributed by atoms with Crippen LogP contribution in [0, 0.1) is 0 Å². The van der Waals surface area contributed by atoms with Crippen LogP contribution >= 0.6 is 0 Å². The van der Waals surface area contributed by atoms with Gasteiger partial charge in [-0.25, -0.2) is 0 Å². The van der Waals surface area contributed by atoms with Crippen molar-refractivity contribution >= 4 is 0 Å². The topological polar surface area (TPSA) is 56.7 Å². The third-order valence-electron chi connectivity index (χ3n) is 3.09. The molecule has 18 heavy (non-hydrogen) atoms. The summed E-state index contributed by atoms with van der Waals surface area (Å²) < 4.78 is 2.16. The number of benzene rings is 1. The van der Waals surface area contributed by atoms with Gasteiger partial charge in [0.25, 0.3) is 0 Å². The zero-order valence-corrected chi connectivity index (χ0v) is 10.8. The van der Waals surface area contributed by atoms with Crippen molar-refractivity contribution in [3.05, 3.63) is 47.5 Å². The van der Waals surface area contributed by atoms with Crippen molar-refractivity contribution in [3.8, 4) is 0 Å². The second kappa shape index (κ2) is 6.31. The first-order valence-electron chi connectivity index (χ1n) is 6.50. The molecule has 0 atom stereocenters. The molecule has 0 fully saturated rings. The Hall–Kier alpha value is -1.68. The number of aromatic nitrogens is 3. The maximum Gasteiger partial charge on any atom is 0.146 e. The Labute approximate surface area is 108 Å². The molecule has 0 saturated carbocycles. The van der Waals surface area contributed by atoms with Gasteiger partial charge < -0.3 is 10.3 Å². The van der Waals surface area contributed by atoms with Crippen molar-refractivity contribution in [2.45, 2.75) is 39.3 Å². The molecule has 0 saturated heterocycles. The molecule has 1 aromatic carbocycles. The first kappa shape index (κ1) is 12.8. The maximum atomic E-state index is 5.68. The molecule has 1 heterocycles. The minimum atomic E-state index is 0.457. The highest BCUT2D eigenvalue weighted by molar-refractivity contribution is 5.14. The third kappa shape index (κ3) is 2.96. The quantitative estimate of drug-likeness (QED) is 0.844. The Balaban J connectivity index is 1.95. The van der Waals surface area contributed by atoms with Crippen molar-refractivity contribution in [2.24, 2.45) is 5.73 Å². The van der Waals surface area contributed by atoms with Crippen molar-refractivity contribution in [1.29, 1.82) is 0 Å². The number of hydrogen-bond acceptors (Lipinski definition) is 3. The lowest BCUT2D eigenvalue weighted by molar-refractivity contribution is 0.588. The highest BCUT2D eigenvalue weighted by Crippen LogP contribution is 2.08. The van der Waals surface area contributed by atoms with Crippen LogP contribution < -0.4 is 5.73 Å². The van der Waals surface area contributed by atoms with Crippen LogP contribution in [0.1, 0.15) is 30.6 Å². The van der Waals surface area contributed by atoms with Gasteiger partial charge in [0.15, 0.2) is 0 Å². The Morgan fingerprint density at radius 1 is 1.11 bits per heavy atom. The van der Waals surface area contributed by atoms with Crippen LogP contribution in [0.15, 0.2) is 30.3 Å². The maximum absolute atomic E-state index is 5.68. The summed E-state index contributed by atoms with van der Waals surface area (Å²) in [7, 11) is 0. The molecule has 0 radical (unpaired) electrons. The Kier molecular flexibility index (Phi) is 4.47. The predicted octanol–water partition coefficient (Wildman–Crippen LogP) is 1.93. The molecule has 0 aliphatic carbocycles. The minimum Gasteiger partial charge on any atom is -0.324 e. The highest BCUT2D eigenvalue weighted by atomic mass is 15.3. The van der Waals surface area contributed by atoms with Crippen molar-refractivity contribution in [1.82, 2.24) is 14.8 Å². The van der Waals surface area contributed by atoms with E-state index in [9.17, 15) is 0 Å². The molecule has 0 spiro atoms. The molecule has 0 amide bonds. The summed E-state index contributed by atoms with van der Waals surface area (Å²) >= 11 is 0. The van der Waals surface area contributed by atoms with E-state index in [-0.39, 0.29) is 0 Å².